The fraction of sp³-hybridized carbons (Fsp3) is 0.222. The molecular weight excluding hydrogens is 194 g/mol. The van der Waals surface area contributed by atoms with Gasteiger partial charge in [-0.3, -0.25) is 0 Å². The molecule has 0 fully saturated rings. The predicted octanol–water partition coefficient (Wildman–Crippen LogP) is 0.261. The van der Waals surface area contributed by atoms with Gasteiger partial charge in [0.15, 0.2) is 0 Å². The maximum atomic E-state index is 8.73. The molecule has 0 saturated heterocycles. The van der Waals surface area contributed by atoms with Gasteiger partial charge in [-0.25, -0.2) is 4.52 Å². The topological polar surface area (TPSA) is 89.2 Å². The molecule has 0 amide bonds. The number of methoxy groups -OCH3 is 1. The maximum Gasteiger partial charge on any atom is 0.241 e. The van der Waals surface area contributed by atoms with E-state index in [1.54, 1.807) is 16.6 Å². The average Bonchev–Trinajstić information content (AvgIpc) is 2.71. The Kier molecular flexibility index (Phi) is 2.23. The highest BCUT2D eigenvalue weighted by Gasteiger charge is 2.13. The van der Waals surface area contributed by atoms with E-state index in [1.165, 1.54) is 13.4 Å². The van der Waals surface area contributed by atoms with Crippen molar-refractivity contribution in [2.75, 3.05) is 7.11 Å². The van der Waals surface area contributed by atoms with Crippen molar-refractivity contribution in [1.29, 1.82) is 5.26 Å². The number of nitrogens with two attached hydrogens (primary N) is 1. The van der Waals surface area contributed by atoms with Crippen molar-refractivity contribution in [3.63, 3.8) is 0 Å². The number of rotatable bonds is 2. The van der Waals surface area contributed by atoms with Crippen LogP contribution in [0.15, 0.2) is 18.5 Å². The fourth-order valence-electron chi connectivity index (χ4n) is 1.39. The van der Waals surface area contributed by atoms with E-state index in [0.29, 0.717) is 17.1 Å². The lowest BCUT2D eigenvalue weighted by Gasteiger charge is -2.04. The van der Waals surface area contributed by atoms with Crippen LogP contribution in [-0.2, 0) is 0 Å². The van der Waals surface area contributed by atoms with Gasteiger partial charge in [0, 0.05) is 0 Å². The van der Waals surface area contributed by atoms with Gasteiger partial charge in [-0.05, 0) is 12.1 Å². The molecule has 6 heteroatoms. The Morgan fingerprint density at radius 3 is 3.07 bits per heavy atom. The summed E-state index contributed by atoms with van der Waals surface area (Å²) in [5, 5.41) is 12.7. The van der Waals surface area contributed by atoms with Gasteiger partial charge in [-0.2, -0.15) is 15.3 Å². The van der Waals surface area contributed by atoms with Crippen LogP contribution >= 0.6 is 0 Å². The molecule has 2 N–H and O–H groups in total. The number of fused-ring (bicyclic) bond motifs is 1. The Bertz CT molecular complexity index is 527. The van der Waals surface area contributed by atoms with Gasteiger partial charge in [0.2, 0.25) is 5.88 Å². The average molecular weight is 203 g/mol. The second-order valence-corrected chi connectivity index (χ2v) is 2.93. The minimum atomic E-state index is -0.702. The van der Waals surface area contributed by atoms with Crippen molar-refractivity contribution in [2.45, 2.75) is 6.04 Å². The number of nitrogens with zero attached hydrogens (tertiary/aromatic N) is 4. The van der Waals surface area contributed by atoms with E-state index in [0.717, 1.165) is 0 Å². The highest BCUT2D eigenvalue weighted by atomic mass is 16.5. The first-order chi connectivity index (χ1) is 7.27. The van der Waals surface area contributed by atoms with Gasteiger partial charge in [-0.1, -0.05) is 0 Å². The number of hydrogen-bond acceptors (Lipinski definition) is 5. The van der Waals surface area contributed by atoms with Crippen LogP contribution in [0.4, 0.5) is 0 Å². The van der Waals surface area contributed by atoms with Crippen molar-refractivity contribution >= 4 is 5.52 Å². The molecule has 0 aliphatic carbocycles. The van der Waals surface area contributed by atoms with Crippen LogP contribution in [0.1, 0.15) is 11.7 Å². The molecule has 0 aliphatic rings. The minimum absolute atomic E-state index is 0.460. The van der Waals surface area contributed by atoms with Gasteiger partial charge in [0.05, 0.1) is 18.9 Å². The molecule has 2 heterocycles. The Morgan fingerprint density at radius 2 is 2.40 bits per heavy atom. The summed E-state index contributed by atoms with van der Waals surface area (Å²) in [7, 11) is 1.53. The van der Waals surface area contributed by atoms with Gasteiger partial charge < -0.3 is 10.5 Å². The Morgan fingerprint density at radius 1 is 1.60 bits per heavy atom. The molecular formula is C9H9N5O. The lowest BCUT2D eigenvalue weighted by Crippen LogP contribution is -2.11. The van der Waals surface area contributed by atoms with E-state index in [4.69, 9.17) is 15.7 Å². The van der Waals surface area contributed by atoms with Crippen molar-refractivity contribution < 1.29 is 4.74 Å². The number of aromatic nitrogens is 3. The van der Waals surface area contributed by atoms with Crippen molar-refractivity contribution in [1.82, 2.24) is 14.6 Å². The quantitative estimate of drug-likeness (QED) is 0.756. The highest BCUT2D eigenvalue weighted by Crippen LogP contribution is 2.20. The molecule has 2 aromatic heterocycles. The van der Waals surface area contributed by atoms with Crippen LogP contribution in [-0.4, -0.2) is 21.7 Å². The molecule has 6 nitrogen and oxygen atoms in total. The number of nitriles is 1. The second-order valence-electron chi connectivity index (χ2n) is 2.93. The molecule has 76 valence electrons. The molecule has 1 atom stereocenters. The van der Waals surface area contributed by atoms with E-state index in [-0.39, 0.29) is 0 Å². The van der Waals surface area contributed by atoms with Crippen LogP contribution in [0.5, 0.6) is 5.88 Å². The first-order valence-electron chi connectivity index (χ1n) is 4.29. The molecule has 2 rings (SSSR count). The van der Waals surface area contributed by atoms with Crippen molar-refractivity contribution in [3.05, 3.63) is 24.2 Å². The van der Waals surface area contributed by atoms with Gasteiger partial charge in [0.1, 0.15) is 17.9 Å². The van der Waals surface area contributed by atoms with E-state index in [9.17, 15) is 0 Å². The third-order valence-corrected chi connectivity index (χ3v) is 2.10. The summed E-state index contributed by atoms with van der Waals surface area (Å²) in [6, 6.07) is 4.76. The molecule has 0 saturated carbocycles. The summed E-state index contributed by atoms with van der Waals surface area (Å²) < 4.78 is 6.61. The van der Waals surface area contributed by atoms with Gasteiger partial charge in [0.25, 0.3) is 0 Å². The lowest BCUT2D eigenvalue weighted by atomic mass is 10.2. The van der Waals surface area contributed by atoms with Crippen molar-refractivity contribution in [3.8, 4) is 11.9 Å². The zero-order chi connectivity index (χ0) is 10.8. The largest absolute Gasteiger partial charge is 0.479 e. The van der Waals surface area contributed by atoms with Crippen LogP contribution in [0.25, 0.3) is 5.52 Å². The predicted molar refractivity (Wildman–Crippen MR) is 52.1 cm³/mol. The van der Waals surface area contributed by atoms with Crippen molar-refractivity contribution in [2.24, 2.45) is 5.73 Å². The Hall–Kier alpha value is -2.13. The van der Waals surface area contributed by atoms with Crippen LogP contribution in [0.3, 0.4) is 0 Å². The van der Waals surface area contributed by atoms with E-state index < -0.39 is 6.04 Å². The zero-order valence-electron chi connectivity index (χ0n) is 8.08. The standard InChI is InChI=1S/C9H9N5O/c1-15-9-8-3-2-7(6(11)4-10)14(8)13-5-12-9/h2-3,5-6H,11H2,1H3. The van der Waals surface area contributed by atoms with E-state index in [1.807, 2.05) is 6.07 Å². The third-order valence-electron chi connectivity index (χ3n) is 2.10. The third kappa shape index (κ3) is 1.39. The lowest BCUT2D eigenvalue weighted by molar-refractivity contribution is 0.398. The van der Waals surface area contributed by atoms with Crippen LogP contribution < -0.4 is 10.5 Å². The summed E-state index contributed by atoms with van der Waals surface area (Å²) in [6.07, 6.45) is 1.36. The Labute approximate surface area is 85.9 Å². The monoisotopic (exact) mass is 203 g/mol. The highest BCUT2D eigenvalue weighted by molar-refractivity contribution is 5.57. The SMILES string of the molecule is COc1ncnn2c(C(N)C#N)ccc12. The summed E-state index contributed by atoms with van der Waals surface area (Å²) in [5.74, 6) is 0.460. The molecule has 0 aromatic carbocycles. The zero-order valence-corrected chi connectivity index (χ0v) is 8.08. The number of ether oxygens (including phenoxy) is 1. The fourth-order valence-corrected chi connectivity index (χ4v) is 1.39. The van der Waals surface area contributed by atoms with E-state index >= 15 is 0 Å². The summed E-state index contributed by atoms with van der Waals surface area (Å²) in [6.45, 7) is 0. The number of hydrogen-bond donors (Lipinski definition) is 1. The Balaban J connectivity index is 2.67. The first-order valence-corrected chi connectivity index (χ1v) is 4.29. The summed E-state index contributed by atoms with van der Waals surface area (Å²) >= 11 is 0. The molecule has 0 spiro atoms. The van der Waals surface area contributed by atoms with Gasteiger partial charge in [-0.15, -0.1) is 0 Å². The summed E-state index contributed by atoms with van der Waals surface area (Å²) in [5.41, 5.74) is 6.93. The molecule has 0 bridgehead atoms. The first kappa shape index (κ1) is 9.43. The molecule has 0 aliphatic heterocycles. The molecule has 1 unspecified atom stereocenters. The molecule has 2 aromatic rings. The second kappa shape index (κ2) is 3.55. The van der Waals surface area contributed by atoms with Gasteiger partial charge >= 0.3 is 0 Å². The minimum Gasteiger partial charge on any atom is -0.479 e. The summed E-state index contributed by atoms with van der Waals surface area (Å²) in [4.78, 5) is 3.95. The van der Waals surface area contributed by atoms with E-state index in [2.05, 4.69) is 10.1 Å². The normalized spacial score (nSPS) is 12.3. The molecule has 15 heavy (non-hydrogen) atoms. The molecule has 0 radical (unpaired) electrons. The maximum absolute atomic E-state index is 8.73. The smallest absolute Gasteiger partial charge is 0.241 e. The van der Waals surface area contributed by atoms with Crippen LogP contribution in [0, 0.1) is 11.3 Å². The van der Waals surface area contributed by atoms with Crippen LogP contribution in [0.2, 0.25) is 0 Å².